The van der Waals surface area contributed by atoms with Crippen molar-refractivity contribution in [3.05, 3.63) is 70.0 Å². The first-order valence-electron chi connectivity index (χ1n) is 10.7. The van der Waals surface area contributed by atoms with Crippen LogP contribution in [-0.4, -0.2) is 56.6 Å². The summed E-state index contributed by atoms with van der Waals surface area (Å²) in [7, 11) is 0. The van der Waals surface area contributed by atoms with Crippen LogP contribution in [0.2, 0.25) is 0 Å². The molecule has 0 radical (unpaired) electrons. The average molecular weight is 434 g/mol. The van der Waals surface area contributed by atoms with E-state index >= 15 is 0 Å². The van der Waals surface area contributed by atoms with Gasteiger partial charge in [0, 0.05) is 43.9 Å². The van der Waals surface area contributed by atoms with Crippen molar-refractivity contribution in [3.8, 4) is 0 Å². The number of hydrogen-bond donors (Lipinski definition) is 1. The number of nitrogens with zero attached hydrogens (tertiary/aromatic N) is 5. The van der Waals surface area contributed by atoms with E-state index < -0.39 is 0 Å². The number of anilines is 1. The number of H-pyrrole nitrogens is 1. The van der Waals surface area contributed by atoms with Crippen LogP contribution in [-0.2, 0) is 6.42 Å². The maximum Gasteiger partial charge on any atom is 0.294 e. The number of carbonyl (C=O) groups is 1. The Morgan fingerprint density at radius 3 is 2.66 bits per heavy atom. The van der Waals surface area contributed by atoms with Gasteiger partial charge < -0.3 is 14.8 Å². The van der Waals surface area contributed by atoms with Crippen LogP contribution in [0.1, 0.15) is 29.5 Å². The SMILES string of the molecule is CCCc1nnc2c(=O)[nH]c3cc(C(=O)N4CCN(c5cccc(F)c5)CC4)ccc3n12. The first kappa shape index (κ1) is 20.2. The number of benzene rings is 2. The molecule has 1 aliphatic rings. The summed E-state index contributed by atoms with van der Waals surface area (Å²) in [4.78, 5) is 32.3. The number of aromatic amines is 1. The molecule has 2 aromatic carbocycles. The normalized spacial score (nSPS) is 14.4. The van der Waals surface area contributed by atoms with Gasteiger partial charge in [0.05, 0.1) is 11.0 Å². The zero-order chi connectivity index (χ0) is 22.2. The predicted octanol–water partition coefficient (Wildman–Crippen LogP) is 2.62. The van der Waals surface area contributed by atoms with E-state index in [1.165, 1.54) is 12.1 Å². The molecular formula is C23H23FN6O2. The lowest BCUT2D eigenvalue weighted by atomic mass is 10.1. The van der Waals surface area contributed by atoms with Gasteiger partial charge in [0.15, 0.2) is 0 Å². The van der Waals surface area contributed by atoms with Crippen LogP contribution in [0, 0.1) is 5.82 Å². The minimum atomic E-state index is -0.333. The second-order valence-corrected chi connectivity index (χ2v) is 7.97. The number of rotatable bonds is 4. The van der Waals surface area contributed by atoms with E-state index in [0.29, 0.717) is 43.7 Å². The second kappa shape index (κ2) is 8.07. The Bertz CT molecular complexity index is 1370. The molecule has 0 spiro atoms. The smallest absolute Gasteiger partial charge is 0.294 e. The molecule has 0 saturated carbocycles. The maximum absolute atomic E-state index is 13.5. The van der Waals surface area contributed by atoms with E-state index in [1.807, 2.05) is 19.1 Å². The minimum Gasteiger partial charge on any atom is -0.368 e. The number of halogens is 1. The highest BCUT2D eigenvalue weighted by molar-refractivity contribution is 5.97. The number of carbonyl (C=O) groups excluding carboxylic acids is 1. The molecule has 4 aromatic rings. The number of aromatic nitrogens is 4. The Morgan fingerprint density at radius 1 is 1.09 bits per heavy atom. The van der Waals surface area contributed by atoms with Gasteiger partial charge in [0.1, 0.15) is 11.6 Å². The van der Waals surface area contributed by atoms with Crippen LogP contribution >= 0.6 is 0 Å². The summed E-state index contributed by atoms with van der Waals surface area (Å²) in [5.41, 5.74) is 2.59. The molecule has 164 valence electrons. The molecule has 5 rings (SSSR count). The summed E-state index contributed by atoms with van der Waals surface area (Å²) in [6, 6.07) is 11.8. The number of piperazine rings is 1. The Morgan fingerprint density at radius 2 is 1.91 bits per heavy atom. The monoisotopic (exact) mass is 434 g/mol. The molecule has 1 amide bonds. The third kappa shape index (κ3) is 3.49. The molecule has 32 heavy (non-hydrogen) atoms. The maximum atomic E-state index is 13.5. The Balaban J connectivity index is 1.40. The molecule has 0 aliphatic carbocycles. The Hall–Kier alpha value is -3.75. The zero-order valence-electron chi connectivity index (χ0n) is 17.7. The Labute approximate surface area is 183 Å². The van der Waals surface area contributed by atoms with E-state index in [0.717, 1.165) is 23.4 Å². The van der Waals surface area contributed by atoms with Crippen molar-refractivity contribution in [2.24, 2.45) is 0 Å². The lowest BCUT2D eigenvalue weighted by Crippen LogP contribution is -2.48. The van der Waals surface area contributed by atoms with Gasteiger partial charge >= 0.3 is 0 Å². The van der Waals surface area contributed by atoms with E-state index in [-0.39, 0.29) is 22.9 Å². The van der Waals surface area contributed by atoms with Gasteiger partial charge in [-0.25, -0.2) is 4.39 Å². The van der Waals surface area contributed by atoms with E-state index in [1.54, 1.807) is 27.5 Å². The van der Waals surface area contributed by atoms with Crippen molar-refractivity contribution >= 4 is 28.3 Å². The van der Waals surface area contributed by atoms with Crippen molar-refractivity contribution < 1.29 is 9.18 Å². The van der Waals surface area contributed by atoms with Crippen LogP contribution in [0.4, 0.5) is 10.1 Å². The standard InChI is InChI=1S/C23H23FN6O2/c1-2-4-20-26-27-21-22(31)25-18-13-15(7-8-19(18)30(20)21)23(32)29-11-9-28(10-12-29)17-6-3-5-16(24)14-17/h3,5-8,13-14H,2,4,9-12H2,1H3,(H,25,31). The highest BCUT2D eigenvalue weighted by Gasteiger charge is 2.23. The first-order chi connectivity index (χ1) is 15.5. The second-order valence-electron chi connectivity index (χ2n) is 7.97. The van der Waals surface area contributed by atoms with Crippen LogP contribution in [0.5, 0.6) is 0 Å². The molecule has 1 aliphatic heterocycles. The number of aryl methyl sites for hydroxylation is 1. The molecule has 9 heteroatoms. The molecular weight excluding hydrogens is 411 g/mol. The molecule has 0 bridgehead atoms. The quantitative estimate of drug-likeness (QED) is 0.534. The molecule has 0 unspecified atom stereocenters. The predicted molar refractivity (Wildman–Crippen MR) is 120 cm³/mol. The molecule has 3 heterocycles. The van der Waals surface area contributed by atoms with Gasteiger partial charge in [-0.05, 0) is 42.8 Å². The van der Waals surface area contributed by atoms with E-state index in [4.69, 9.17) is 0 Å². The van der Waals surface area contributed by atoms with Gasteiger partial charge in [-0.2, -0.15) is 0 Å². The fraction of sp³-hybridized carbons (Fsp3) is 0.304. The lowest BCUT2D eigenvalue weighted by Gasteiger charge is -2.36. The first-order valence-corrected chi connectivity index (χ1v) is 10.7. The topological polar surface area (TPSA) is 86.6 Å². The van der Waals surface area contributed by atoms with Gasteiger partial charge in [-0.15, -0.1) is 10.2 Å². The third-order valence-corrected chi connectivity index (χ3v) is 5.88. The minimum absolute atomic E-state index is 0.0933. The van der Waals surface area contributed by atoms with Crippen molar-refractivity contribution in [2.75, 3.05) is 31.1 Å². The largest absolute Gasteiger partial charge is 0.368 e. The molecule has 1 saturated heterocycles. The fourth-order valence-corrected chi connectivity index (χ4v) is 4.27. The highest BCUT2D eigenvalue weighted by atomic mass is 19.1. The molecule has 2 aromatic heterocycles. The summed E-state index contributed by atoms with van der Waals surface area (Å²) in [6.07, 6.45) is 1.59. The number of hydrogen-bond acceptors (Lipinski definition) is 5. The lowest BCUT2D eigenvalue weighted by molar-refractivity contribution is 0.0747. The summed E-state index contributed by atoms with van der Waals surface area (Å²) >= 11 is 0. The third-order valence-electron chi connectivity index (χ3n) is 5.88. The van der Waals surface area contributed by atoms with E-state index in [9.17, 15) is 14.0 Å². The van der Waals surface area contributed by atoms with Crippen LogP contribution in [0.3, 0.4) is 0 Å². The zero-order valence-corrected chi connectivity index (χ0v) is 17.7. The van der Waals surface area contributed by atoms with Crippen molar-refractivity contribution in [1.82, 2.24) is 24.5 Å². The van der Waals surface area contributed by atoms with Crippen LogP contribution in [0.25, 0.3) is 16.7 Å². The van der Waals surface area contributed by atoms with Crippen molar-refractivity contribution in [2.45, 2.75) is 19.8 Å². The van der Waals surface area contributed by atoms with Crippen LogP contribution < -0.4 is 10.5 Å². The fourth-order valence-electron chi connectivity index (χ4n) is 4.27. The number of amides is 1. The number of fused-ring (bicyclic) bond motifs is 3. The van der Waals surface area contributed by atoms with Crippen molar-refractivity contribution in [1.29, 1.82) is 0 Å². The highest BCUT2D eigenvalue weighted by Crippen LogP contribution is 2.20. The number of nitrogens with one attached hydrogen (secondary N) is 1. The van der Waals surface area contributed by atoms with Gasteiger partial charge in [-0.3, -0.25) is 14.0 Å². The molecule has 1 fully saturated rings. The Kier molecular flexibility index (Phi) is 5.08. The van der Waals surface area contributed by atoms with Crippen LogP contribution in [0.15, 0.2) is 47.3 Å². The average Bonchev–Trinajstić information content (AvgIpc) is 3.23. The van der Waals surface area contributed by atoms with E-state index in [2.05, 4.69) is 20.1 Å². The van der Waals surface area contributed by atoms with Gasteiger partial charge in [-0.1, -0.05) is 13.0 Å². The molecule has 0 atom stereocenters. The molecule has 1 N–H and O–H groups in total. The van der Waals surface area contributed by atoms with Gasteiger partial charge in [0.2, 0.25) is 5.65 Å². The summed E-state index contributed by atoms with van der Waals surface area (Å²) in [5, 5.41) is 8.18. The summed E-state index contributed by atoms with van der Waals surface area (Å²) in [6.45, 7) is 4.37. The summed E-state index contributed by atoms with van der Waals surface area (Å²) in [5.74, 6) is 0.367. The molecule has 8 nitrogen and oxygen atoms in total. The van der Waals surface area contributed by atoms with Crippen molar-refractivity contribution in [3.63, 3.8) is 0 Å². The summed E-state index contributed by atoms with van der Waals surface area (Å²) < 4.78 is 15.3. The van der Waals surface area contributed by atoms with Gasteiger partial charge in [0.25, 0.3) is 11.5 Å².